The number of rotatable bonds is 6. The van der Waals surface area contributed by atoms with Gasteiger partial charge in [-0.2, -0.15) is 4.31 Å². The lowest BCUT2D eigenvalue weighted by Gasteiger charge is -2.38. The molecule has 8 heteroatoms. The Labute approximate surface area is 173 Å². The Morgan fingerprint density at radius 3 is 2.28 bits per heavy atom. The maximum Gasteiger partial charge on any atom is 0.243 e. The molecule has 2 fully saturated rings. The van der Waals surface area contributed by atoms with Crippen LogP contribution in [0, 0.1) is 17.8 Å². The number of carbonyl (C=O) groups is 2. The Bertz CT molecular complexity index is 820. The van der Waals surface area contributed by atoms with Crippen molar-refractivity contribution in [3.05, 3.63) is 30.3 Å². The third kappa shape index (κ3) is 4.98. The molecule has 1 aromatic carbocycles. The molecule has 0 radical (unpaired) electrons. The van der Waals surface area contributed by atoms with Gasteiger partial charge in [-0.15, -0.1) is 0 Å². The molecule has 2 amide bonds. The second-order valence-corrected chi connectivity index (χ2v) is 10.1. The summed E-state index contributed by atoms with van der Waals surface area (Å²) in [5, 5.41) is 0. The highest BCUT2D eigenvalue weighted by Crippen LogP contribution is 2.33. The third-order valence-electron chi connectivity index (χ3n) is 6.45. The maximum atomic E-state index is 12.9. The van der Waals surface area contributed by atoms with E-state index >= 15 is 0 Å². The fourth-order valence-corrected chi connectivity index (χ4v) is 6.04. The lowest BCUT2D eigenvalue weighted by atomic mass is 9.82. The van der Waals surface area contributed by atoms with E-state index in [0.29, 0.717) is 56.8 Å². The number of sulfonamides is 1. The van der Waals surface area contributed by atoms with Crippen LogP contribution in [0.1, 0.15) is 39.0 Å². The van der Waals surface area contributed by atoms with Crippen LogP contribution in [-0.2, 0) is 19.6 Å². The van der Waals surface area contributed by atoms with Crippen molar-refractivity contribution < 1.29 is 18.0 Å². The number of hydrogen-bond acceptors (Lipinski definition) is 4. The minimum absolute atomic E-state index is 0.107. The van der Waals surface area contributed by atoms with Gasteiger partial charge in [0.1, 0.15) is 0 Å². The molecule has 0 unspecified atom stereocenters. The fraction of sp³-hybridized carbons (Fsp3) is 0.619. The number of carbonyl (C=O) groups excluding carboxylic acids is 2. The molecule has 0 aromatic heterocycles. The van der Waals surface area contributed by atoms with Crippen molar-refractivity contribution in [2.45, 2.75) is 43.9 Å². The highest BCUT2D eigenvalue weighted by molar-refractivity contribution is 7.89. The Morgan fingerprint density at radius 1 is 1.03 bits per heavy atom. The smallest absolute Gasteiger partial charge is 0.243 e. The molecule has 29 heavy (non-hydrogen) atoms. The van der Waals surface area contributed by atoms with Gasteiger partial charge in [0.25, 0.3) is 0 Å². The maximum absolute atomic E-state index is 12.9. The van der Waals surface area contributed by atoms with E-state index in [1.807, 2.05) is 4.90 Å². The van der Waals surface area contributed by atoms with Crippen LogP contribution in [0.4, 0.5) is 0 Å². The van der Waals surface area contributed by atoms with Crippen molar-refractivity contribution >= 4 is 21.8 Å². The summed E-state index contributed by atoms with van der Waals surface area (Å²) in [6.45, 7) is 4.10. The third-order valence-corrected chi connectivity index (χ3v) is 8.33. The summed E-state index contributed by atoms with van der Waals surface area (Å²) < 4.78 is 27.4. The number of benzene rings is 1. The molecule has 2 atom stereocenters. The number of hydrogen-bond donors (Lipinski definition) is 1. The summed E-state index contributed by atoms with van der Waals surface area (Å²) in [5.74, 6) is 0.0395. The van der Waals surface area contributed by atoms with E-state index < -0.39 is 10.0 Å². The molecule has 3 rings (SSSR count). The zero-order valence-corrected chi connectivity index (χ0v) is 17.8. The van der Waals surface area contributed by atoms with Crippen LogP contribution in [0.25, 0.3) is 0 Å². The quantitative estimate of drug-likeness (QED) is 0.757. The van der Waals surface area contributed by atoms with Crippen LogP contribution in [0.3, 0.4) is 0 Å². The summed E-state index contributed by atoms with van der Waals surface area (Å²) in [4.78, 5) is 26.2. The first-order valence-corrected chi connectivity index (χ1v) is 11.9. The summed E-state index contributed by atoms with van der Waals surface area (Å²) in [7, 11) is -3.50. The largest absolute Gasteiger partial charge is 0.369 e. The number of nitrogens with two attached hydrogens (primary N) is 1. The van der Waals surface area contributed by atoms with E-state index in [1.54, 1.807) is 34.6 Å². The fourth-order valence-electron chi connectivity index (χ4n) is 4.51. The van der Waals surface area contributed by atoms with Gasteiger partial charge in [0.05, 0.1) is 4.90 Å². The molecule has 7 nitrogen and oxygen atoms in total. The molecule has 1 aromatic rings. The number of piperidine rings is 2. The van der Waals surface area contributed by atoms with E-state index in [0.717, 1.165) is 6.42 Å². The molecule has 0 aliphatic carbocycles. The number of primary amides is 1. The Hall–Kier alpha value is -1.93. The Morgan fingerprint density at radius 2 is 1.69 bits per heavy atom. The van der Waals surface area contributed by atoms with Crippen LogP contribution >= 0.6 is 0 Å². The van der Waals surface area contributed by atoms with Crippen LogP contribution in [0.15, 0.2) is 35.2 Å². The van der Waals surface area contributed by atoms with Crippen molar-refractivity contribution in [3.63, 3.8) is 0 Å². The van der Waals surface area contributed by atoms with Crippen molar-refractivity contribution in [3.8, 4) is 0 Å². The molecule has 0 bridgehead atoms. The van der Waals surface area contributed by atoms with Gasteiger partial charge in [-0.1, -0.05) is 31.5 Å². The van der Waals surface area contributed by atoms with Crippen LogP contribution in [0.2, 0.25) is 0 Å². The lowest BCUT2D eigenvalue weighted by molar-refractivity contribution is -0.136. The molecule has 0 spiro atoms. The molecule has 2 aliphatic rings. The summed E-state index contributed by atoms with van der Waals surface area (Å²) in [6.07, 6.45) is 3.23. The average molecular weight is 422 g/mol. The topological polar surface area (TPSA) is 101 Å². The molecular formula is C21H31N3O4S. The molecule has 2 aliphatic heterocycles. The Kier molecular flexibility index (Phi) is 6.95. The number of nitrogens with zero attached hydrogens (tertiary/aromatic N) is 2. The SMILES string of the molecule is CC[C@@H]1CN(S(=O)(=O)c2ccccc2)CC[C@H]1CC(=O)N1CCC(C(N)=O)CC1. The van der Waals surface area contributed by atoms with Crippen molar-refractivity contribution in [1.82, 2.24) is 9.21 Å². The lowest BCUT2D eigenvalue weighted by Crippen LogP contribution is -2.46. The van der Waals surface area contributed by atoms with E-state index in [4.69, 9.17) is 5.73 Å². The van der Waals surface area contributed by atoms with Gasteiger partial charge >= 0.3 is 0 Å². The van der Waals surface area contributed by atoms with Gasteiger partial charge in [-0.05, 0) is 43.2 Å². The first-order valence-electron chi connectivity index (χ1n) is 10.4. The van der Waals surface area contributed by atoms with Gasteiger partial charge in [-0.25, -0.2) is 8.42 Å². The van der Waals surface area contributed by atoms with Gasteiger partial charge in [0.15, 0.2) is 0 Å². The molecule has 160 valence electrons. The summed E-state index contributed by atoms with van der Waals surface area (Å²) in [6, 6.07) is 8.52. The van der Waals surface area contributed by atoms with Crippen LogP contribution in [-0.4, -0.2) is 55.6 Å². The normalized spacial score (nSPS) is 24.4. The van der Waals surface area contributed by atoms with Gasteiger partial charge in [-0.3, -0.25) is 9.59 Å². The van der Waals surface area contributed by atoms with Crippen molar-refractivity contribution in [2.75, 3.05) is 26.2 Å². The van der Waals surface area contributed by atoms with Crippen LogP contribution in [0.5, 0.6) is 0 Å². The van der Waals surface area contributed by atoms with Crippen LogP contribution < -0.4 is 5.73 Å². The second kappa shape index (κ2) is 9.26. The molecule has 2 saturated heterocycles. The molecular weight excluding hydrogens is 390 g/mol. The molecule has 0 saturated carbocycles. The van der Waals surface area contributed by atoms with Gasteiger partial charge in [0, 0.05) is 38.5 Å². The van der Waals surface area contributed by atoms with E-state index in [9.17, 15) is 18.0 Å². The zero-order valence-electron chi connectivity index (χ0n) is 17.0. The predicted octanol–water partition coefficient (Wildman–Crippen LogP) is 1.84. The first-order chi connectivity index (χ1) is 13.8. The van der Waals surface area contributed by atoms with E-state index in [1.165, 1.54) is 0 Å². The minimum Gasteiger partial charge on any atom is -0.369 e. The Balaban J connectivity index is 1.59. The van der Waals surface area contributed by atoms with E-state index in [-0.39, 0.29) is 29.6 Å². The summed E-state index contributed by atoms with van der Waals surface area (Å²) in [5.41, 5.74) is 5.37. The minimum atomic E-state index is -3.50. The molecule has 2 N–H and O–H groups in total. The van der Waals surface area contributed by atoms with E-state index in [2.05, 4.69) is 6.92 Å². The molecule has 2 heterocycles. The monoisotopic (exact) mass is 421 g/mol. The highest BCUT2D eigenvalue weighted by atomic mass is 32.2. The highest BCUT2D eigenvalue weighted by Gasteiger charge is 2.36. The van der Waals surface area contributed by atoms with Crippen molar-refractivity contribution in [1.29, 1.82) is 0 Å². The van der Waals surface area contributed by atoms with Gasteiger partial charge < -0.3 is 10.6 Å². The average Bonchev–Trinajstić information content (AvgIpc) is 2.74. The first kappa shape index (κ1) is 21.8. The zero-order chi connectivity index (χ0) is 21.0. The second-order valence-electron chi connectivity index (χ2n) is 8.15. The summed E-state index contributed by atoms with van der Waals surface area (Å²) >= 11 is 0. The number of amides is 2. The standard InChI is InChI=1S/C21H31N3O4S/c1-2-16-15-24(29(27,28)19-6-4-3-5-7-19)13-10-18(16)14-20(25)23-11-8-17(9-12-23)21(22)26/h3-7,16-18H,2,8-15H2,1H3,(H2,22,26)/t16-,18+/m1/s1. The van der Waals surface area contributed by atoms with Crippen molar-refractivity contribution in [2.24, 2.45) is 23.5 Å². The predicted molar refractivity (Wildman–Crippen MR) is 110 cm³/mol. The number of likely N-dealkylation sites (tertiary alicyclic amines) is 1. The van der Waals surface area contributed by atoms with Gasteiger partial charge in [0.2, 0.25) is 21.8 Å².